The van der Waals surface area contributed by atoms with Crippen LogP contribution in [0.1, 0.15) is 5.76 Å². The first-order valence-corrected chi connectivity index (χ1v) is 5.96. The van der Waals surface area contributed by atoms with E-state index in [9.17, 15) is 0 Å². The molecule has 2 rings (SSSR count). The smallest absolute Gasteiger partial charge is 0.169 e. The fourth-order valence-electron chi connectivity index (χ4n) is 1.14. The number of para-hydroxylation sites is 1. The van der Waals surface area contributed by atoms with Crippen molar-refractivity contribution in [2.45, 2.75) is 6.61 Å². The van der Waals surface area contributed by atoms with E-state index in [0.29, 0.717) is 11.3 Å². The van der Waals surface area contributed by atoms with Crippen LogP contribution in [-0.2, 0) is 6.61 Å². The van der Waals surface area contributed by atoms with Crippen molar-refractivity contribution in [2.75, 3.05) is 0 Å². The van der Waals surface area contributed by atoms with Gasteiger partial charge in [0.15, 0.2) is 4.67 Å². The largest absolute Gasteiger partial charge is 0.484 e. The van der Waals surface area contributed by atoms with E-state index in [-0.39, 0.29) is 0 Å². The second-order valence-electron chi connectivity index (χ2n) is 2.92. The average Bonchev–Trinajstić information content (AvgIpc) is 2.63. The Morgan fingerprint density at radius 3 is 2.53 bits per heavy atom. The molecule has 78 valence electrons. The number of benzene rings is 1. The van der Waals surface area contributed by atoms with Crippen LogP contribution in [0.2, 0.25) is 0 Å². The Labute approximate surface area is 104 Å². The summed E-state index contributed by atoms with van der Waals surface area (Å²) in [6.07, 6.45) is 0. The van der Waals surface area contributed by atoms with Gasteiger partial charge in [0, 0.05) is 0 Å². The molecule has 0 spiro atoms. The van der Waals surface area contributed by atoms with Gasteiger partial charge >= 0.3 is 0 Å². The van der Waals surface area contributed by atoms with Gasteiger partial charge in [-0.1, -0.05) is 12.1 Å². The zero-order valence-corrected chi connectivity index (χ0v) is 10.9. The minimum absolute atomic E-state index is 0.425. The van der Waals surface area contributed by atoms with E-state index in [1.54, 1.807) is 0 Å². The molecule has 0 saturated carbocycles. The molecule has 2 aromatic rings. The van der Waals surface area contributed by atoms with E-state index in [2.05, 4.69) is 31.9 Å². The maximum atomic E-state index is 5.57. The highest BCUT2D eigenvalue weighted by Crippen LogP contribution is 2.25. The van der Waals surface area contributed by atoms with Crippen molar-refractivity contribution in [3.8, 4) is 5.75 Å². The van der Waals surface area contributed by atoms with E-state index in [1.165, 1.54) is 0 Å². The molecule has 0 saturated heterocycles. The van der Waals surface area contributed by atoms with Crippen LogP contribution in [0.3, 0.4) is 0 Å². The topological polar surface area (TPSA) is 22.4 Å². The van der Waals surface area contributed by atoms with Crippen LogP contribution >= 0.6 is 31.9 Å². The van der Waals surface area contributed by atoms with Crippen molar-refractivity contribution in [1.29, 1.82) is 0 Å². The lowest BCUT2D eigenvalue weighted by Crippen LogP contribution is -1.93. The molecule has 1 heterocycles. The van der Waals surface area contributed by atoms with Gasteiger partial charge < -0.3 is 9.15 Å². The van der Waals surface area contributed by atoms with Gasteiger partial charge in [-0.25, -0.2) is 0 Å². The number of hydrogen-bond acceptors (Lipinski definition) is 2. The first-order valence-electron chi connectivity index (χ1n) is 4.37. The molecule has 2 nitrogen and oxygen atoms in total. The Hall–Kier alpha value is -0.740. The third-order valence-electron chi connectivity index (χ3n) is 1.84. The molecule has 0 aliphatic carbocycles. The summed E-state index contributed by atoms with van der Waals surface area (Å²) in [5, 5.41) is 0. The van der Waals surface area contributed by atoms with Crippen molar-refractivity contribution in [1.82, 2.24) is 0 Å². The predicted molar refractivity (Wildman–Crippen MR) is 64.9 cm³/mol. The SMILES string of the molecule is Brc1ccc(COc2ccccc2Br)o1. The van der Waals surface area contributed by atoms with E-state index in [4.69, 9.17) is 9.15 Å². The molecule has 0 amide bonds. The highest BCUT2D eigenvalue weighted by Gasteiger charge is 2.02. The zero-order valence-electron chi connectivity index (χ0n) is 7.74. The van der Waals surface area contributed by atoms with Crippen LogP contribution in [0, 0.1) is 0 Å². The van der Waals surface area contributed by atoms with Crippen LogP contribution in [0.25, 0.3) is 0 Å². The van der Waals surface area contributed by atoms with Gasteiger partial charge in [0.05, 0.1) is 4.47 Å². The third-order valence-corrected chi connectivity index (χ3v) is 2.92. The summed E-state index contributed by atoms with van der Waals surface area (Å²) in [6.45, 7) is 0.425. The van der Waals surface area contributed by atoms with Gasteiger partial charge in [-0.15, -0.1) is 0 Å². The quantitative estimate of drug-likeness (QED) is 0.832. The number of ether oxygens (including phenoxy) is 1. The van der Waals surface area contributed by atoms with Crippen LogP contribution in [0.15, 0.2) is 50.0 Å². The van der Waals surface area contributed by atoms with Gasteiger partial charge in [0.2, 0.25) is 0 Å². The number of furan rings is 1. The Kier molecular flexibility index (Phi) is 3.49. The van der Waals surface area contributed by atoms with Crippen LogP contribution in [0.5, 0.6) is 5.75 Å². The van der Waals surface area contributed by atoms with Crippen LogP contribution in [-0.4, -0.2) is 0 Å². The molecule has 0 unspecified atom stereocenters. The molecular weight excluding hydrogens is 324 g/mol. The first kappa shape index (κ1) is 10.8. The molecule has 0 bridgehead atoms. The second-order valence-corrected chi connectivity index (χ2v) is 4.56. The maximum absolute atomic E-state index is 5.57. The Bertz CT molecular complexity index is 451. The van der Waals surface area contributed by atoms with Gasteiger partial charge in [0.25, 0.3) is 0 Å². The molecule has 15 heavy (non-hydrogen) atoms. The fraction of sp³-hybridized carbons (Fsp3) is 0.0909. The third kappa shape index (κ3) is 2.86. The second kappa shape index (κ2) is 4.86. The lowest BCUT2D eigenvalue weighted by atomic mass is 10.3. The van der Waals surface area contributed by atoms with Crippen LogP contribution < -0.4 is 4.74 Å². The summed E-state index contributed by atoms with van der Waals surface area (Å²) in [6, 6.07) is 11.4. The van der Waals surface area contributed by atoms with E-state index >= 15 is 0 Å². The number of halogens is 2. The molecular formula is C11H8Br2O2. The minimum atomic E-state index is 0.425. The number of hydrogen-bond donors (Lipinski definition) is 0. The highest BCUT2D eigenvalue weighted by molar-refractivity contribution is 9.10. The molecule has 0 N–H and O–H groups in total. The minimum Gasteiger partial charge on any atom is -0.484 e. The van der Waals surface area contributed by atoms with Gasteiger partial charge in [-0.3, -0.25) is 0 Å². The number of rotatable bonds is 3. The van der Waals surface area contributed by atoms with Gasteiger partial charge in [0.1, 0.15) is 18.1 Å². The Morgan fingerprint density at radius 2 is 1.87 bits per heavy atom. The molecule has 0 radical (unpaired) electrons. The van der Waals surface area contributed by atoms with Crippen molar-refractivity contribution in [3.63, 3.8) is 0 Å². The summed E-state index contributed by atoms with van der Waals surface area (Å²) in [5.74, 6) is 1.60. The van der Waals surface area contributed by atoms with Crippen LogP contribution in [0.4, 0.5) is 0 Å². The van der Waals surface area contributed by atoms with Gasteiger partial charge in [-0.2, -0.15) is 0 Å². The normalized spacial score (nSPS) is 10.3. The molecule has 0 aliphatic rings. The first-order chi connectivity index (χ1) is 7.25. The molecule has 0 fully saturated rings. The monoisotopic (exact) mass is 330 g/mol. The summed E-state index contributed by atoms with van der Waals surface area (Å²) >= 11 is 6.65. The summed E-state index contributed by atoms with van der Waals surface area (Å²) in [5.41, 5.74) is 0. The summed E-state index contributed by atoms with van der Waals surface area (Å²) in [7, 11) is 0. The molecule has 4 heteroatoms. The van der Waals surface area contributed by atoms with Crippen molar-refractivity contribution in [3.05, 3.63) is 51.3 Å². The molecule has 0 atom stereocenters. The summed E-state index contributed by atoms with van der Waals surface area (Å²) in [4.78, 5) is 0. The molecule has 1 aromatic heterocycles. The molecule has 1 aromatic carbocycles. The highest BCUT2D eigenvalue weighted by atomic mass is 79.9. The molecule has 0 aliphatic heterocycles. The van der Waals surface area contributed by atoms with Crippen molar-refractivity contribution < 1.29 is 9.15 Å². The average molecular weight is 332 g/mol. The van der Waals surface area contributed by atoms with Crippen molar-refractivity contribution in [2.24, 2.45) is 0 Å². The predicted octanol–water partition coefficient (Wildman–Crippen LogP) is 4.38. The summed E-state index contributed by atoms with van der Waals surface area (Å²) < 4.78 is 12.6. The fourth-order valence-corrected chi connectivity index (χ4v) is 1.88. The van der Waals surface area contributed by atoms with E-state index in [1.807, 2.05) is 36.4 Å². The standard InChI is InChI=1S/C11H8Br2O2/c12-9-3-1-2-4-10(9)14-7-8-5-6-11(13)15-8/h1-6H,7H2. The van der Waals surface area contributed by atoms with Crippen molar-refractivity contribution >= 4 is 31.9 Å². The van der Waals surface area contributed by atoms with Gasteiger partial charge in [-0.05, 0) is 56.1 Å². The Balaban J connectivity index is 2.02. The van der Waals surface area contributed by atoms with E-state index < -0.39 is 0 Å². The zero-order chi connectivity index (χ0) is 10.7. The Morgan fingerprint density at radius 1 is 1.07 bits per heavy atom. The lowest BCUT2D eigenvalue weighted by molar-refractivity contribution is 0.266. The lowest BCUT2D eigenvalue weighted by Gasteiger charge is -2.05. The van der Waals surface area contributed by atoms with E-state index in [0.717, 1.165) is 16.0 Å². The maximum Gasteiger partial charge on any atom is 0.169 e.